The molecule has 2 N–H and O–H groups in total. The van der Waals surface area contributed by atoms with E-state index >= 15 is 0 Å². The molecule has 1 saturated heterocycles. The van der Waals surface area contributed by atoms with Crippen molar-refractivity contribution in [2.75, 3.05) is 17.6 Å². The number of fused-ring (bicyclic) bond motifs is 1. The van der Waals surface area contributed by atoms with Gasteiger partial charge in [-0.05, 0) is 37.1 Å². The number of hydrogen-bond donors (Lipinski definition) is 2. The van der Waals surface area contributed by atoms with Crippen molar-refractivity contribution in [2.45, 2.75) is 24.8 Å². The molecule has 1 fully saturated rings. The number of aliphatic carboxylic acids is 1. The van der Waals surface area contributed by atoms with Crippen molar-refractivity contribution < 1.29 is 14.7 Å². The van der Waals surface area contributed by atoms with Crippen LogP contribution >= 0.6 is 11.8 Å². The fourth-order valence-corrected chi connectivity index (χ4v) is 3.90. The van der Waals surface area contributed by atoms with Gasteiger partial charge in [0.15, 0.2) is 0 Å². The van der Waals surface area contributed by atoms with Crippen LogP contribution in [0.15, 0.2) is 18.2 Å². The van der Waals surface area contributed by atoms with Crippen molar-refractivity contribution in [2.24, 2.45) is 0 Å². The van der Waals surface area contributed by atoms with Crippen LogP contribution in [0.25, 0.3) is 0 Å². The van der Waals surface area contributed by atoms with E-state index in [1.165, 1.54) is 16.7 Å². The lowest BCUT2D eigenvalue weighted by atomic mass is 10.1. The molecule has 6 heteroatoms. The van der Waals surface area contributed by atoms with Crippen molar-refractivity contribution in [1.82, 2.24) is 4.90 Å². The second kappa shape index (κ2) is 5.01. The molecule has 0 radical (unpaired) electrons. The van der Waals surface area contributed by atoms with Gasteiger partial charge in [-0.3, -0.25) is 4.79 Å². The summed E-state index contributed by atoms with van der Waals surface area (Å²) in [4.78, 5) is 25.3. The van der Waals surface area contributed by atoms with E-state index in [4.69, 9.17) is 0 Å². The molecule has 2 heterocycles. The van der Waals surface area contributed by atoms with Crippen LogP contribution in [0.3, 0.4) is 0 Å². The summed E-state index contributed by atoms with van der Waals surface area (Å²) in [5, 5.41) is 12.4. The largest absolute Gasteiger partial charge is 0.480 e. The number of anilines is 1. The van der Waals surface area contributed by atoms with Crippen molar-refractivity contribution >= 4 is 29.3 Å². The predicted molar refractivity (Wildman–Crippen MR) is 78.1 cm³/mol. The molecule has 5 nitrogen and oxygen atoms in total. The van der Waals surface area contributed by atoms with Gasteiger partial charge in [0.05, 0.1) is 5.37 Å². The van der Waals surface area contributed by atoms with Crippen LogP contribution in [0.2, 0.25) is 0 Å². The molecule has 1 amide bonds. The number of nitrogens with zero attached hydrogens (tertiary/aromatic N) is 1. The molecule has 1 aromatic carbocycles. The summed E-state index contributed by atoms with van der Waals surface area (Å²) in [6.45, 7) is 2.77. The van der Waals surface area contributed by atoms with Crippen molar-refractivity contribution in [3.8, 4) is 0 Å². The molecule has 1 aromatic rings. The Morgan fingerprint density at radius 3 is 3.00 bits per heavy atom. The minimum atomic E-state index is -0.932. The van der Waals surface area contributed by atoms with Crippen LogP contribution in [0.5, 0.6) is 0 Å². The zero-order chi connectivity index (χ0) is 14.3. The number of carbonyl (C=O) groups is 2. The van der Waals surface area contributed by atoms with E-state index in [0.29, 0.717) is 11.3 Å². The summed E-state index contributed by atoms with van der Waals surface area (Å²) in [5.74, 6) is -0.669. The maximum absolute atomic E-state index is 12.6. The van der Waals surface area contributed by atoms with E-state index in [1.54, 1.807) is 6.07 Å². The molecule has 2 aliphatic heterocycles. The molecule has 2 aliphatic rings. The Morgan fingerprint density at radius 2 is 2.25 bits per heavy atom. The third kappa shape index (κ3) is 2.14. The smallest absolute Gasteiger partial charge is 0.327 e. The van der Waals surface area contributed by atoms with E-state index in [9.17, 15) is 14.7 Å². The Kier molecular flexibility index (Phi) is 3.33. The molecule has 0 aromatic heterocycles. The van der Waals surface area contributed by atoms with Gasteiger partial charge in [-0.15, -0.1) is 11.8 Å². The molecule has 106 valence electrons. The molecule has 0 spiro atoms. The lowest BCUT2D eigenvalue weighted by molar-refractivity contribution is -0.141. The average molecular weight is 292 g/mol. The highest BCUT2D eigenvalue weighted by Gasteiger charge is 2.39. The highest BCUT2D eigenvalue weighted by atomic mass is 32.2. The number of thioether (sulfide) groups is 1. The Morgan fingerprint density at radius 1 is 1.45 bits per heavy atom. The maximum Gasteiger partial charge on any atom is 0.327 e. The molecule has 0 aliphatic carbocycles. The molecule has 2 unspecified atom stereocenters. The van der Waals surface area contributed by atoms with Gasteiger partial charge < -0.3 is 15.3 Å². The number of amides is 1. The lowest BCUT2D eigenvalue weighted by Gasteiger charge is -2.25. The van der Waals surface area contributed by atoms with Crippen LogP contribution < -0.4 is 5.32 Å². The summed E-state index contributed by atoms with van der Waals surface area (Å²) < 4.78 is 0. The quantitative estimate of drug-likeness (QED) is 0.867. The highest BCUT2D eigenvalue weighted by molar-refractivity contribution is 8.00. The lowest BCUT2D eigenvalue weighted by Crippen LogP contribution is -2.44. The van der Waals surface area contributed by atoms with Gasteiger partial charge in [0.25, 0.3) is 5.91 Å². The first-order chi connectivity index (χ1) is 9.58. The molecule has 20 heavy (non-hydrogen) atoms. The van der Waals surface area contributed by atoms with E-state index in [1.807, 2.05) is 19.1 Å². The highest BCUT2D eigenvalue weighted by Crippen LogP contribution is 2.31. The topological polar surface area (TPSA) is 69.6 Å². The number of carboxylic acid groups (broad SMARTS) is 1. The Labute approximate surface area is 121 Å². The molecular formula is C14H16N2O3S. The fraction of sp³-hybridized carbons (Fsp3) is 0.429. The van der Waals surface area contributed by atoms with Crippen molar-refractivity contribution in [3.05, 3.63) is 29.3 Å². The van der Waals surface area contributed by atoms with E-state index < -0.39 is 12.0 Å². The zero-order valence-corrected chi connectivity index (χ0v) is 11.9. The van der Waals surface area contributed by atoms with E-state index in [-0.39, 0.29) is 11.3 Å². The van der Waals surface area contributed by atoms with Gasteiger partial charge >= 0.3 is 5.97 Å². The van der Waals surface area contributed by atoms with Crippen LogP contribution in [0.1, 0.15) is 22.8 Å². The van der Waals surface area contributed by atoms with Crippen LogP contribution in [0, 0.1) is 0 Å². The van der Waals surface area contributed by atoms with Gasteiger partial charge in [-0.1, -0.05) is 0 Å². The summed E-state index contributed by atoms with van der Waals surface area (Å²) >= 11 is 1.50. The number of hydrogen-bond acceptors (Lipinski definition) is 4. The van der Waals surface area contributed by atoms with Gasteiger partial charge in [-0.25, -0.2) is 4.79 Å². The Bertz CT molecular complexity index is 576. The second-order valence-corrected chi connectivity index (χ2v) is 6.40. The van der Waals surface area contributed by atoms with E-state index in [0.717, 1.165) is 24.2 Å². The summed E-state index contributed by atoms with van der Waals surface area (Å²) in [6, 6.07) is 4.83. The SMILES string of the molecule is CC1SCC(C(=O)O)N1C(=O)c1ccc2c(c1)CCN2. The maximum atomic E-state index is 12.6. The first-order valence-corrected chi connectivity index (χ1v) is 7.66. The Balaban J connectivity index is 1.89. The predicted octanol–water partition coefficient (Wildman–Crippen LogP) is 1.64. The normalized spacial score (nSPS) is 24.4. The molecule has 2 atom stereocenters. The number of rotatable bonds is 2. The van der Waals surface area contributed by atoms with Crippen LogP contribution in [0.4, 0.5) is 5.69 Å². The first-order valence-electron chi connectivity index (χ1n) is 6.62. The molecule has 0 bridgehead atoms. The minimum absolute atomic E-state index is 0.102. The standard InChI is InChI=1S/C14H16N2O3S/c1-8-16(12(7-20-8)14(18)19)13(17)10-2-3-11-9(6-10)4-5-15-11/h2-3,6,8,12,15H,4-5,7H2,1H3,(H,18,19). The Hall–Kier alpha value is -1.69. The summed E-state index contributed by atoms with van der Waals surface area (Å²) in [5.41, 5.74) is 2.77. The number of carbonyl (C=O) groups excluding carboxylic acids is 1. The number of benzene rings is 1. The summed E-state index contributed by atoms with van der Waals surface area (Å²) in [7, 11) is 0. The molecule has 3 rings (SSSR count). The number of nitrogens with one attached hydrogen (secondary N) is 1. The zero-order valence-electron chi connectivity index (χ0n) is 11.1. The summed E-state index contributed by atoms with van der Waals surface area (Å²) in [6.07, 6.45) is 0.906. The van der Waals surface area contributed by atoms with Gasteiger partial charge in [-0.2, -0.15) is 0 Å². The monoisotopic (exact) mass is 292 g/mol. The van der Waals surface area contributed by atoms with Gasteiger partial charge in [0.1, 0.15) is 6.04 Å². The second-order valence-electron chi connectivity index (χ2n) is 5.05. The first kappa shape index (κ1) is 13.3. The van der Waals surface area contributed by atoms with Crippen molar-refractivity contribution in [1.29, 1.82) is 0 Å². The van der Waals surface area contributed by atoms with Gasteiger partial charge in [0.2, 0.25) is 0 Å². The third-order valence-corrected chi connectivity index (χ3v) is 5.02. The molecular weight excluding hydrogens is 276 g/mol. The van der Waals surface area contributed by atoms with E-state index in [2.05, 4.69) is 5.32 Å². The minimum Gasteiger partial charge on any atom is -0.480 e. The van der Waals surface area contributed by atoms with Crippen LogP contribution in [-0.4, -0.2) is 45.6 Å². The van der Waals surface area contributed by atoms with Gasteiger partial charge in [0, 0.05) is 23.5 Å². The fourth-order valence-electron chi connectivity index (χ4n) is 2.73. The number of carboxylic acids is 1. The molecule has 0 saturated carbocycles. The average Bonchev–Trinajstić information content (AvgIpc) is 3.03. The third-order valence-electron chi connectivity index (χ3n) is 3.80. The van der Waals surface area contributed by atoms with Crippen LogP contribution in [-0.2, 0) is 11.2 Å². The van der Waals surface area contributed by atoms with Crippen molar-refractivity contribution in [3.63, 3.8) is 0 Å².